The van der Waals surface area contributed by atoms with Crippen molar-refractivity contribution in [3.05, 3.63) is 33.9 Å². The van der Waals surface area contributed by atoms with Crippen molar-refractivity contribution in [2.45, 2.75) is 56.1 Å². The van der Waals surface area contributed by atoms with Crippen LogP contribution >= 0.6 is 11.8 Å². The van der Waals surface area contributed by atoms with E-state index in [-0.39, 0.29) is 23.2 Å². The number of thioether (sulfide) groups is 1. The van der Waals surface area contributed by atoms with Crippen LogP contribution in [0.25, 0.3) is 0 Å². The molecule has 25 heavy (non-hydrogen) atoms. The van der Waals surface area contributed by atoms with Crippen LogP contribution in [0.1, 0.15) is 49.4 Å². The van der Waals surface area contributed by atoms with Crippen molar-refractivity contribution in [2.75, 3.05) is 6.26 Å². The van der Waals surface area contributed by atoms with Gasteiger partial charge in [0.15, 0.2) is 6.10 Å². The highest BCUT2D eigenvalue weighted by molar-refractivity contribution is 7.98. The lowest BCUT2D eigenvalue weighted by Crippen LogP contribution is -2.42. The molecule has 0 spiro atoms. The smallest absolute Gasteiger partial charge is 0.339 e. The van der Waals surface area contributed by atoms with Gasteiger partial charge in [-0.2, -0.15) is 0 Å². The third-order valence-corrected chi connectivity index (χ3v) is 5.00. The van der Waals surface area contributed by atoms with Gasteiger partial charge in [0, 0.05) is 12.1 Å². The molecule has 1 aliphatic carbocycles. The molecule has 0 radical (unpaired) electrons. The van der Waals surface area contributed by atoms with Gasteiger partial charge in [0.1, 0.15) is 0 Å². The maximum atomic E-state index is 12.2. The van der Waals surface area contributed by atoms with E-state index >= 15 is 0 Å². The number of nitro benzene ring substituents is 1. The fourth-order valence-electron chi connectivity index (χ4n) is 2.81. The van der Waals surface area contributed by atoms with Crippen molar-refractivity contribution in [1.29, 1.82) is 0 Å². The highest BCUT2D eigenvalue weighted by Gasteiger charge is 2.24. The number of amides is 1. The summed E-state index contributed by atoms with van der Waals surface area (Å²) in [5.74, 6) is -1.09. The second-order valence-corrected chi connectivity index (χ2v) is 6.88. The average molecular weight is 366 g/mol. The molecule has 1 aromatic carbocycles. The molecule has 1 atom stereocenters. The molecule has 8 heteroatoms. The van der Waals surface area contributed by atoms with E-state index < -0.39 is 17.0 Å². The van der Waals surface area contributed by atoms with Crippen LogP contribution in [0, 0.1) is 10.1 Å². The van der Waals surface area contributed by atoms with E-state index in [1.54, 1.807) is 6.26 Å². The number of carbonyl (C=O) groups is 2. The number of ether oxygens (including phenoxy) is 1. The molecule has 7 nitrogen and oxygen atoms in total. The number of nitrogens with zero attached hydrogens (tertiary/aromatic N) is 1. The standard InChI is InChI=1S/C17H22N2O5S/c1-11(16(20)18-13-6-4-3-5-7-13)24-17(21)12-8-9-15(25-2)14(10-12)19(22)23/h8-11,13H,3-7H2,1-2H3,(H,18,20)/t11-/m1/s1. The largest absolute Gasteiger partial charge is 0.449 e. The summed E-state index contributed by atoms with van der Waals surface area (Å²) in [7, 11) is 0. The first-order chi connectivity index (χ1) is 11.9. The summed E-state index contributed by atoms with van der Waals surface area (Å²) in [5.41, 5.74) is -0.0944. The Morgan fingerprint density at radius 1 is 1.32 bits per heavy atom. The molecule has 1 amide bonds. The molecule has 136 valence electrons. The van der Waals surface area contributed by atoms with Crippen molar-refractivity contribution in [3.8, 4) is 0 Å². The Morgan fingerprint density at radius 2 is 2.00 bits per heavy atom. The molecule has 0 aliphatic heterocycles. The van der Waals surface area contributed by atoms with Gasteiger partial charge < -0.3 is 10.1 Å². The van der Waals surface area contributed by atoms with Crippen LogP contribution < -0.4 is 5.32 Å². The monoisotopic (exact) mass is 366 g/mol. The maximum Gasteiger partial charge on any atom is 0.339 e. The minimum Gasteiger partial charge on any atom is -0.449 e. The summed E-state index contributed by atoms with van der Waals surface area (Å²) in [4.78, 5) is 35.4. The Hall–Kier alpha value is -2.09. The second kappa shape index (κ2) is 8.84. The molecular formula is C17H22N2O5S. The molecule has 1 N–H and O–H groups in total. The van der Waals surface area contributed by atoms with Crippen LogP contribution in [-0.2, 0) is 9.53 Å². The lowest BCUT2D eigenvalue weighted by Gasteiger charge is -2.24. The van der Waals surface area contributed by atoms with Crippen LogP contribution in [0.5, 0.6) is 0 Å². The molecule has 0 unspecified atom stereocenters. The van der Waals surface area contributed by atoms with Crippen molar-refractivity contribution in [3.63, 3.8) is 0 Å². The third kappa shape index (κ3) is 5.19. The average Bonchev–Trinajstić information content (AvgIpc) is 2.61. The fraction of sp³-hybridized carbons (Fsp3) is 0.529. The number of carbonyl (C=O) groups excluding carboxylic acids is 2. The molecule has 1 aliphatic rings. The maximum absolute atomic E-state index is 12.2. The highest BCUT2D eigenvalue weighted by Crippen LogP contribution is 2.28. The Morgan fingerprint density at radius 3 is 2.60 bits per heavy atom. The number of nitro groups is 1. The molecule has 1 aromatic rings. The van der Waals surface area contributed by atoms with Crippen LogP contribution in [0.3, 0.4) is 0 Å². The lowest BCUT2D eigenvalue weighted by molar-refractivity contribution is -0.387. The van der Waals surface area contributed by atoms with E-state index in [0.29, 0.717) is 4.90 Å². The summed E-state index contributed by atoms with van der Waals surface area (Å²) >= 11 is 1.22. The van der Waals surface area contributed by atoms with Gasteiger partial charge >= 0.3 is 5.97 Å². The number of rotatable bonds is 6. The fourth-order valence-corrected chi connectivity index (χ4v) is 3.35. The number of benzene rings is 1. The summed E-state index contributed by atoms with van der Waals surface area (Å²) < 4.78 is 5.17. The first-order valence-corrected chi connectivity index (χ1v) is 9.48. The van der Waals surface area contributed by atoms with E-state index in [1.807, 2.05) is 0 Å². The van der Waals surface area contributed by atoms with Gasteiger partial charge in [0.05, 0.1) is 15.4 Å². The van der Waals surface area contributed by atoms with Crippen LogP contribution in [0.15, 0.2) is 23.1 Å². The number of hydrogen-bond donors (Lipinski definition) is 1. The Bertz CT molecular complexity index is 658. The SMILES string of the molecule is CSc1ccc(C(=O)O[C@H](C)C(=O)NC2CCCCC2)cc1[N+](=O)[O-]. The van der Waals surface area contributed by atoms with Gasteiger partial charge in [-0.05, 0) is 38.2 Å². The van der Waals surface area contributed by atoms with Gasteiger partial charge in [-0.1, -0.05) is 19.3 Å². The first-order valence-electron chi connectivity index (χ1n) is 8.26. The van der Waals surface area contributed by atoms with Crippen LogP contribution in [0.2, 0.25) is 0 Å². The Labute approximate surface area is 150 Å². The normalized spacial score (nSPS) is 16.1. The zero-order valence-electron chi connectivity index (χ0n) is 14.3. The van der Waals surface area contributed by atoms with Crippen LogP contribution in [-0.4, -0.2) is 35.2 Å². The van der Waals surface area contributed by atoms with Crippen molar-refractivity contribution in [2.24, 2.45) is 0 Å². The minimum absolute atomic E-state index is 0.0572. The van der Waals surface area contributed by atoms with Crippen molar-refractivity contribution in [1.82, 2.24) is 5.32 Å². The number of hydrogen-bond acceptors (Lipinski definition) is 6. The first kappa shape index (κ1) is 19.2. The van der Waals surface area contributed by atoms with E-state index in [0.717, 1.165) is 25.7 Å². The molecule has 1 fully saturated rings. The summed E-state index contributed by atoms with van der Waals surface area (Å²) in [6, 6.07) is 4.28. The summed E-state index contributed by atoms with van der Waals surface area (Å²) in [5, 5.41) is 14.0. The van der Waals surface area contributed by atoms with Crippen molar-refractivity contribution < 1.29 is 19.2 Å². The predicted molar refractivity (Wildman–Crippen MR) is 94.8 cm³/mol. The number of esters is 1. The van der Waals surface area contributed by atoms with Crippen LogP contribution in [0.4, 0.5) is 5.69 Å². The Balaban J connectivity index is 1.99. The van der Waals surface area contributed by atoms with E-state index in [4.69, 9.17) is 4.74 Å². The zero-order chi connectivity index (χ0) is 18.4. The quantitative estimate of drug-likeness (QED) is 0.359. The second-order valence-electron chi connectivity index (χ2n) is 6.03. The molecule has 0 heterocycles. The Kier molecular flexibility index (Phi) is 6.81. The predicted octanol–water partition coefficient (Wildman–Crippen LogP) is 3.31. The van der Waals surface area contributed by atoms with Gasteiger partial charge in [-0.3, -0.25) is 14.9 Å². The minimum atomic E-state index is -0.950. The molecule has 2 rings (SSSR count). The highest BCUT2D eigenvalue weighted by atomic mass is 32.2. The molecule has 0 bridgehead atoms. The third-order valence-electron chi connectivity index (χ3n) is 4.22. The van der Waals surface area contributed by atoms with Gasteiger partial charge in [0.25, 0.3) is 11.6 Å². The molecular weight excluding hydrogens is 344 g/mol. The van der Waals surface area contributed by atoms with E-state index in [2.05, 4.69) is 5.32 Å². The summed E-state index contributed by atoms with van der Waals surface area (Å²) in [6.07, 6.45) is 6.01. The van der Waals surface area contributed by atoms with E-state index in [9.17, 15) is 19.7 Å². The van der Waals surface area contributed by atoms with Gasteiger partial charge in [-0.25, -0.2) is 4.79 Å². The molecule has 1 saturated carbocycles. The lowest BCUT2D eigenvalue weighted by atomic mass is 9.95. The zero-order valence-corrected chi connectivity index (χ0v) is 15.1. The van der Waals surface area contributed by atoms with Gasteiger partial charge in [0.2, 0.25) is 0 Å². The number of nitrogens with one attached hydrogen (secondary N) is 1. The topological polar surface area (TPSA) is 98.5 Å². The van der Waals surface area contributed by atoms with Crippen molar-refractivity contribution >= 4 is 29.3 Å². The molecule has 0 saturated heterocycles. The van der Waals surface area contributed by atoms with E-state index in [1.165, 1.54) is 43.3 Å². The molecule has 0 aromatic heterocycles. The summed E-state index contributed by atoms with van der Waals surface area (Å²) in [6.45, 7) is 1.50. The van der Waals surface area contributed by atoms with Gasteiger partial charge in [-0.15, -0.1) is 11.8 Å².